The van der Waals surface area contributed by atoms with Crippen molar-refractivity contribution in [2.24, 2.45) is 0 Å². The van der Waals surface area contributed by atoms with Crippen LogP contribution >= 0.6 is 11.6 Å². The molecule has 0 aliphatic heterocycles. The maximum absolute atomic E-state index is 14.7. The van der Waals surface area contributed by atoms with Crippen LogP contribution in [0.15, 0.2) is 108 Å². The zero-order chi connectivity index (χ0) is 34.1. The van der Waals surface area contributed by atoms with Gasteiger partial charge in [-0.2, -0.15) is 0 Å². The summed E-state index contributed by atoms with van der Waals surface area (Å²) in [6.07, 6.45) is 5.23. The van der Waals surface area contributed by atoms with Crippen LogP contribution in [0.1, 0.15) is 48.8 Å². The number of carbonyl (C=O) groups excluding carboxylic acids is 2. The Morgan fingerprint density at radius 2 is 1.50 bits per heavy atom. The fraction of sp³-hybridized carbons (Fsp3) is 0.316. The summed E-state index contributed by atoms with van der Waals surface area (Å²) in [6.45, 7) is 1.42. The average molecular weight is 688 g/mol. The van der Waals surface area contributed by atoms with E-state index in [1.807, 2.05) is 49.4 Å². The molecule has 1 saturated carbocycles. The Kier molecular flexibility index (Phi) is 11.8. The molecule has 1 aliphatic rings. The molecule has 2 amide bonds. The minimum Gasteiger partial charge on any atom is -0.497 e. The van der Waals surface area contributed by atoms with E-state index in [0.717, 1.165) is 53.1 Å². The number of hydrogen-bond donors (Lipinski definition) is 1. The molecule has 10 heteroatoms. The van der Waals surface area contributed by atoms with E-state index in [1.165, 1.54) is 24.1 Å². The smallest absolute Gasteiger partial charge is 0.264 e. The van der Waals surface area contributed by atoms with Crippen LogP contribution in [0.3, 0.4) is 0 Å². The third-order valence-corrected chi connectivity index (χ3v) is 10.8. The van der Waals surface area contributed by atoms with Crippen molar-refractivity contribution in [2.75, 3.05) is 18.0 Å². The van der Waals surface area contributed by atoms with Gasteiger partial charge in [0.1, 0.15) is 18.3 Å². The third-order valence-electron chi connectivity index (χ3n) is 8.74. The van der Waals surface area contributed by atoms with E-state index in [4.69, 9.17) is 16.3 Å². The molecule has 1 aliphatic carbocycles. The lowest BCUT2D eigenvalue weighted by atomic mass is 9.94. The Bertz CT molecular complexity index is 1760. The first-order valence-corrected chi connectivity index (χ1v) is 18.1. The van der Waals surface area contributed by atoms with Crippen molar-refractivity contribution in [1.82, 2.24) is 10.2 Å². The number of halogens is 1. The van der Waals surface area contributed by atoms with Gasteiger partial charge in [-0.15, -0.1) is 0 Å². The Labute approximate surface area is 288 Å². The number of nitrogens with one attached hydrogen (secondary N) is 1. The second-order valence-electron chi connectivity index (χ2n) is 12.2. The standard InChI is InChI=1S/C38H42ClN3O5S/c1-28-13-23-35(24-14-28)48(45,46)42(33-19-21-34(47-2)22-20-33)27-37(43)41(26-30-15-17-31(39)18-16-30)36(25-29-9-5-3-6-10-29)38(44)40-32-11-7-4-8-12-32/h3,5-6,9-10,13-24,32,36H,4,7-8,11-12,25-27H2,1-2H3,(H,40,44)/t36-/m0/s1. The largest absolute Gasteiger partial charge is 0.497 e. The molecule has 4 aromatic rings. The fourth-order valence-electron chi connectivity index (χ4n) is 6.00. The van der Waals surface area contributed by atoms with E-state index in [1.54, 1.807) is 48.5 Å². The molecule has 1 N–H and O–H groups in total. The van der Waals surface area contributed by atoms with Gasteiger partial charge in [-0.25, -0.2) is 8.42 Å². The number of ether oxygens (including phenoxy) is 1. The van der Waals surface area contributed by atoms with Crippen molar-refractivity contribution in [1.29, 1.82) is 0 Å². The van der Waals surface area contributed by atoms with Gasteiger partial charge in [0.2, 0.25) is 11.8 Å². The Morgan fingerprint density at radius 1 is 0.854 bits per heavy atom. The van der Waals surface area contributed by atoms with Gasteiger partial charge in [0.15, 0.2) is 0 Å². The Balaban J connectivity index is 1.56. The number of methoxy groups -OCH3 is 1. The molecule has 0 unspecified atom stereocenters. The van der Waals surface area contributed by atoms with Gasteiger partial charge in [-0.05, 0) is 79.4 Å². The molecular weight excluding hydrogens is 646 g/mol. The zero-order valence-corrected chi connectivity index (χ0v) is 28.9. The quantitative estimate of drug-likeness (QED) is 0.164. The molecule has 1 atom stereocenters. The van der Waals surface area contributed by atoms with Gasteiger partial charge in [0, 0.05) is 24.0 Å². The highest BCUT2D eigenvalue weighted by Gasteiger charge is 2.35. The van der Waals surface area contributed by atoms with E-state index < -0.39 is 28.5 Å². The highest BCUT2D eigenvalue weighted by molar-refractivity contribution is 7.92. The van der Waals surface area contributed by atoms with Crippen LogP contribution < -0.4 is 14.4 Å². The summed E-state index contributed by atoms with van der Waals surface area (Å²) in [5.41, 5.74) is 2.84. The average Bonchev–Trinajstić information content (AvgIpc) is 3.10. The van der Waals surface area contributed by atoms with Gasteiger partial charge < -0.3 is 15.0 Å². The molecule has 0 bridgehead atoms. The lowest BCUT2D eigenvalue weighted by Crippen LogP contribution is -2.55. The topological polar surface area (TPSA) is 96.0 Å². The summed E-state index contributed by atoms with van der Waals surface area (Å²) < 4.78 is 34.9. The predicted molar refractivity (Wildman–Crippen MR) is 190 cm³/mol. The minimum atomic E-state index is -4.20. The molecule has 8 nitrogen and oxygen atoms in total. The molecule has 0 spiro atoms. The first-order chi connectivity index (χ1) is 23.1. The maximum atomic E-state index is 14.7. The summed E-state index contributed by atoms with van der Waals surface area (Å²) in [6, 6.07) is 28.8. The Morgan fingerprint density at radius 3 is 2.12 bits per heavy atom. The number of nitrogens with zero attached hydrogens (tertiary/aromatic N) is 2. The van der Waals surface area contributed by atoms with E-state index in [2.05, 4.69) is 5.32 Å². The normalized spacial score (nSPS) is 14.1. The van der Waals surface area contributed by atoms with Crippen LogP contribution in [0.4, 0.5) is 5.69 Å². The zero-order valence-electron chi connectivity index (χ0n) is 27.3. The molecular formula is C38H42ClN3O5S. The molecule has 252 valence electrons. The van der Waals surface area contributed by atoms with Crippen molar-refractivity contribution in [3.8, 4) is 5.75 Å². The number of benzene rings is 4. The maximum Gasteiger partial charge on any atom is 0.264 e. The highest BCUT2D eigenvalue weighted by Crippen LogP contribution is 2.27. The monoisotopic (exact) mass is 687 g/mol. The first kappa shape index (κ1) is 35.0. The highest BCUT2D eigenvalue weighted by atomic mass is 35.5. The number of hydrogen-bond acceptors (Lipinski definition) is 5. The molecule has 48 heavy (non-hydrogen) atoms. The molecule has 1 fully saturated rings. The van der Waals surface area contributed by atoms with E-state index in [-0.39, 0.29) is 29.8 Å². The van der Waals surface area contributed by atoms with Gasteiger partial charge in [0.05, 0.1) is 17.7 Å². The van der Waals surface area contributed by atoms with Crippen LogP contribution in [0.5, 0.6) is 5.75 Å². The second-order valence-corrected chi connectivity index (χ2v) is 14.5. The van der Waals surface area contributed by atoms with Crippen molar-refractivity contribution in [3.05, 3.63) is 125 Å². The van der Waals surface area contributed by atoms with Gasteiger partial charge in [0.25, 0.3) is 10.0 Å². The van der Waals surface area contributed by atoms with Crippen LogP contribution in [-0.4, -0.2) is 50.9 Å². The number of rotatable bonds is 13. The van der Waals surface area contributed by atoms with E-state index in [9.17, 15) is 18.0 Å². The van der Waals surface area contributed by atoms with Crippen molar-refractivity contribution >= 4 is 39.1 Å². The SMILES string of the molecule is COc1ccc(N(CC(=O)N(Cc2ccc(Cl)cc2)[C@@H](Cc2ccccc2)C(=O)NC2CCCCC2)S(=O)(=O)c2ccc(C)cc2)cc1. The Hall–Kier alpha value is -4.34. The van der Waals surface area contributed by atoms with Crippen LogP contribution in [0.2, 0.25) is 5.02 Å². The summed E-state index contributed by atoms with van der Waals surface area (Å²) in [5, 5.41) is 3.77. The molecule has 0 aromatic heterocycles. The predicted octanol–water partition coefficient (Wildman–Crippen LogP) is 6.94. The summed E-state index contributed by atoms with van der Waals surface area (Å²) >= 11 is 6.19. The first-order valence-electron chi connectivity index (χ1n) is 16.3. The summed E-state index contributed by atoms with van der Waals surface area (Å²) in [5.74, 6) is -0.230. The second kappa shape index (κ2) is 16.2. The van der Waals surface area contributed by atoms with Crippen LogP contribution in [0, 0.1) is 6.92 Å². The number of sulfonamides is 1. The fourth-order valence-corrected chi connectivity index (χ4v) is 7.54. The molecule has 0 saturated heterocycles. The van der Waals surface area contributed by atoms with Crippen LogP contribution in [-0.2, 0) is 32.6 Å². The number of carbonyl (C=O) groups is 2. The number of anilines is 1. The van der Waals surface area contributed by atoms with Gasteiger partial charge in [-0.1, -0.05) is 91.0 Å². The van der Waals surface area contributed by atoms with Crippen molar-refractivity contribution in [3.63, 3.8) is 0 Å². The third kappa shape index (κ3) is 8.96. The van der Waals surface area contributed by atoms with Crippen molar-refractivity contribution in [2.45, 2.75) is 69.0 Å². The minimum absolute atomic E-state index is 0.0229. The molecule has 4 aromatic carbocycles. The van der Waals surface area contributed by atoms with Gasteiger partial charge in [-0.3, -0.25) is 13.9 Å². The summed E-state index contributed by atoms with van der Waals surface area (Å²) in [7, 11) is -2.67. The van der Waals surface area contributed by atoms with E-state index >= 15 is 0 Å². The van der Waals surface area contributed by atoms with Crippen LogP contribution in [0.25, 0.3) is 0 Å². The molecule has 0 radical (unpaired) electrons. The molecule has 0 heterocycles. The lowest BCUT2D eigenvalue weighted by molar-refractivity contribution is -0.140. The van der Waals surface area contributed by atoms with Gasteiger partial charge >= 0.3 is 0 Å². The van der Waals surface area contributed by atoms with E-state index in [0.29, 0.717) is 16.5 Å². The summed E-state index contributed by atoms with van der Waals surface area (Å²) in [4.78, 5) is 30.4. The lowest BCUT2D eigenvalue weighted by Gasteiger charge is -2.35. The van der Waals surface area contributed by atoms with Crippen molar-refractivity contribution < 1.29 is 22.7 Å². The number of aryl methyl sites for hydroxylation is 1. The molecule has 5 rings (SSSR count). The number of amides is 2.